The minimum absolute atomic E-state index is 0.259. The third-order valence-electron chi connectivity index (χ3n) is 6.78. The van der Waals surface area contributed by atoms with Crippen LogP contribution in [0.5, 0.6) is 0 Å². The van der Waals surface area contributed by atoms with Gasteiger partial charge in [-0.25, -0.2) is 4.79 Å². The topological polar surface area (TPSA) is 71.2 Å². The molecule has 3 aromatic rings. The molecule has 1 fully saturated rings. The molecule has 1 aliphatic heterocycles. The minimum Gasteiger partial charge on any atom is -0.399 e. The zero-order valence-electron chi connectivity index (χ0n) is 20.6. The van der Waals surface area contributed by atoms with E-state index in [1.54, 1.807) is 18.8 Å². The first-order valence-corrected chi connectivity index (χ1v) is 12.1. The van der Waals surface area contributed by atoms with Crippen LogP contribution >= 0.6 is 11.8 Å². The lowest BCUT2D eigenvalue weighted by Crippen LogP contribution is -2.41. The van der Waals surface area contributed by atoms with Crippen molar-refractivity contribution in [2.24, 2.45) is 7.05 Å². The van der Waals surface area contributed by atoms with Crippen molar-refractivity contribution < 1.29 is 9.31 Å². The van der Waals surface area contributed by atoms with Gasteiger partial charge in [-0.1, -0.05) is 23.8 Å². The highest BCUT2D eigenvalue weighted by Crippen LogP contribution is 2.37. The fourth-order valence-electron chi connectivity index (χ4n) is 3.88. The molecular weight excluding hydrogens is 435 g/mol. The molecule has 0 amide bonds. The summed E-state index contributed by atoms with van der Waals surface area (Å²) in [6.07, 6.45) is 0. The van der Waals surface area contributed by atoms with Crippen molar-refractivity contribution in [3.8, 4) is 5.69 Å². The second-order valence-electron chi connectivity index (χ2n) is 9.72. The average molecular weight is 466 g/mol. The molecule has 1 aliphatic rings. The Hall–Kier alpha value is -2.36. The van der Waals surface area contributed by atoms with Gasteiger partial charge in [0.2, 0.25) is 0 Å². The largest absolute Gasteiger partial charge is 0.495 e. The van der Waals surface area contributed by atoms with Gasteiger partial charge in [-0.15, -0.1) is 11.8 Å². The fourth-order valence-corrected chi connectivity index (χ4v) is 5.10. The Balaban J connectivity index is 1.61. The van der Waals surface area contributed by atoms with Crippen molar-refractivity contribution in [3.63, 3.8) is 0 Å². The number of hydrogen-bond acceptors (Lipinski definition) is 6. The SMILES string of the molecule is Cc1cc(B2OC(C)(C)C(C)(C)O2)c(C)cc1SCc1c(C)cccc1-n1nnn(C)c1=O. The highest BCUT2D eigenvalue weighted by Gasteiger charge is 2.52. The number of aromatic nitrogens is 4. The molecule has 4 rings (SSSR count). The van der Waals surface area contributed by atoms with Gasteiger partial charge in [0.1, 0.15) is 0 Å². The maximum absolute atomic E-state index is 12.4. The monoisotopic (exact) mass is 466 g/mol. The van der Waals surface area contributed by atoms with E-state index in [4.69, 9.17) is 9.31 Å². The highest BCUT2D eigenvalue weighted by molar-refractivity contribution is 7.98. The second kappa shape index (κ2) is 8.45. The molecule has 0 atom stereocenters. The Labute approximate surface area is 199 Å². The van der Waals surface area contributed by atoms with E-state index in [0.29, 0.717) is 5.75 Å². The first kappa shape index (κ1) is 23.8. The van der Waals surface area contributed by atoms with Crippen LogP contribution in [0.4, 0.5) is 0 Å². The number of thioether (sulfide) groups is 1. The van der Waals surface area contributed by atoms with Crippen LogP contribution in [0.2, 0.25) is 0 Å². The van der Waals surface area contributed by atoms with Crippen LogP contribution in [0.25, 0.3) is 5.69 Å². The van der Waals surface area contributed by atoms with E-state index in [9.17, 15) is 4.79 Å². The van der Waals surface area contributed by atoms with Crippen LogP contribution in [-0.2, 0) is 22.1 Å². The van der Waals surface area contributed by atoms with Gasteiger partial charge in [-0.05, 0) is 93.2 Å². The zero-order chi connectivity index (χ0) is 24.1. The van der Waals surface area contributed by atoms with Crippen molar-refractivity contribution >= 4 is 24.3 Å². The van der Waals surface area contributed by atoms with Gasteiger partial charge in [0, 0.05) is 17.7 Å². The standard InChI is InChI=1S/C24H31BN4O3S/c1-15-10-9-11-20(29-22(30)28(8)26-27-29)18(15)14-33-21-13-16(2)19(12-17(21)3)25-31-23(4,5)24(6,7)32-25/h9-13H,14H2,1-8H3. The van der Waals surface area contributed by atoms with Gasteiger partial charge in [0.15, 0.2) is 0 Å². The van der Waals surface area contributed by atoms with Crippen molar-refractivity contribution in [1.82, 2.24) is 19.8 Å². The van der Waals surface area contributed by atoms with E-state index in [-0.39, 0.29) is 24.0 Å². The molecule has 0 N–H and O–H groups in total. The third kappa shape index (κ3) is 4.29. The van der Waals surface area contributed by atoms with Crippen molar-refractivity contribution in [1.29, 1.82) is 0 Å². The van der Waals surface area contributed by atoms with Crippen LogP contribution in [0.15, 0.2) is 40.0 Å². The van der Waals surface area contributed by atoms with E-state index in [2.05, 4.69) is 77.1 Å². The number of nitrogens with zero attached hydrogens (tertiary/aromatic N) is 4. The molecule has 2 heterocycles. The van der Waals surface area contributed by atoms with E-state index >= 15 is 0 Å². The Bertz CT molecular complexity index is 1250. The molecule has 9 heteroatoms. The fraction of sp³-hybridized carbons (Fsp3) is 0.458. The van der Waals surface area contributed by atoms with Crippen LogP contribution in [0.1, 0.15) is 49.9 Å². The maximum Gasteiger partial charge on any atom is 0.495 e. The van der Waals surface area contributed by atoms with Crippen molar-refractivity contribution in [3.05, 3.63) is 63.1 Å². The lowest BCUT2D eigenvalue weighted by Gasteiger charge is -2.32. The summed E-state index contributed by atoms with van der Waals surface area (Å²) in [4.78, 5) is 13.6. The number of benzene rings is 2. The molecule has 1 saturated heterocycles. The predicted molar refractivity (Wildman–Crippen MR) is 133 cm³/mol. The second-order valence-corrected chi connectivity index (χ2v) is 10.7. The molecule has 2 aromatic carbocycles. The maximum atomic E-state index is 12.4. The highest BCUT2D eigenvalue weighted by atomic mass is 32.2. The van der Waals surface area contributed by atoms with E-state index in [0.717, 1.165) is 27.8 Å². The Morgan fingerprint density at radius 2 is 1.64 bits per heavy atom. The van der Waals surface area contributed by atoms with Crippen LogP contribution in [-0.4, -0.2) is 38.1 Å². The molecule has 7 nitrogen and oxygen atoms in total. The summed E-state index contributed by atoms with van der Waals surface area (Å²) in [5.41, 5.74) is 5.32. The van der Waals surface area contributed by atoms with Gasteiger partial charge in [0.05, 0.1) is 16.9 Å². The molecule has 174 valence electrons. The molecule has 0 radical (unpaired) electrons. The Morgan fingerprint density at radius 3 is 2.24 bits per heavy atom. The minimum atomic E-state index is -0.376. The summed E-state index contributed by atoms with van der Waals surface area (Å²) in [7, 11) is 1.23. The summed E-state index contributed by atoms with van der Waals surface area (Å²) >= 11 is 1.75. The summed E-state index contributed by atoms with van der Waals surface area (Å²) in [6, 6.07) is 10.3. The van der Waals surface area contributed by atoms with Crippen LogP contribution < -0.4 is 11.2 Å². The lowest BCUT2D eigenvalue weighted by atomic mass is 9.75. The number of hydrogen-bond donors (Lipinski definition) is 0. The summed E-state index contributed by atoms with van der Waals surface area (Å²) in [6.45, 7) is 14.6. The van der Waals surface area contributed by atoms with Gasteiger partial charge >= 0.3 is 12.8 Å². The smallest absolute Gasteiger partial charge is 0.399 e. The van der Waals surface area contributed by atoms with Crippen LogP contribution in [0.3, 0.4) is 0 Å². The normalized spacial score (nSPS) is 17.0. The van der Waals surface area contributed by atoms with Gasteiger partial charge in [-0.3, -0.25) is 0 Å². The van der Waals surface area contributed by atoms with Crippen LogP contribution in [0, 0.1) is 20.8 Å². The van der Waals surface area contributed by atoms with E-state index < -0.39 is 0 Å². The predicted octanol–water partition coefficient (Wildman–Crippen LogP) is 3.48. The molecule has 1 aromatic heterocycles. The first-order valence-electron chi connectivity index (χ1n) is 11.1. The molecule has 0 unspecified atom stereocenters. The third-order valence-corrected chi connectivity index (χ3v) is 7.96. The molecule has 0 aliphatic carbocycles. The van der Waals surface area contributed by atoms with Crippen molar-refractivity contribution in [2.75, 3.05) is 0 Å². The van der Waals surface area contributed by atoms with Gasteiger partial charge < -0.3 is 9.31 Å². The molecule has 0 bridgehead atoms. The number of aryl methyl sites for hydroxylation is 4. The summed E-state index contributed by atoms with van der Waals surface area (Å²) in [5.74, 6) is 0.709. The number of rotatable bonds is 5. The summed E-state index contributed by atoms with van der Waals surface area (Å²) < 4.78 is 15.1. The lowest BCUT2D eigenvalue weighted by molar-refractivity contribution is 0.00578. The Morgan fingerprint density at radius 1 is 0.970 bits per heavy atom. The molecular formula is C24H31BN4O3S. The summed E-state index contributed by atoms with van der Waals surface area (Å²) in [5, 5.41) is 7.89. The van der Waals surface area contributed by atoms with E-state index in [1.165, 1.54) is 19.8 Å². The van der Waals surface area contributed by atoms with Gasteiger partial charge in [-0.2, -0.15) is 9.36 Å². The van der Waals surface area contributed by atoms with Gasteiger partial charge in [0.25, 0.3) is 0 Å². The zero-order valence-corrected chi connectivity index (χ0v) is 21.4. The first-order chi connectivity index (χ1) is 15.4. The molecule has 0 spiro atoms. The number of tetrazole rings is 1. The molecule has 0 saturated carbocycles. The van der Waals surface area contributed by atoms with Crippen molar-refractivity contribution in [2.45, 2.75) is 70.3 Å². The Kier molecular flexibility index (Phi) is 6.09. The average Bonchev–Trinajstić information content (AvgIpc) is 3.17. The van der Waals surface area contributed by atoms with E-state index in [1.807, 2.05) is 12.1 Å². The molecule has 33 heavy (non-hydrogen) atoms. The quantitative estimate of drug-likeness (QED) is 0.424.